The summed E-state index contributed by atoms with van der Waals surface area (Å²) >= 11 is 0. The number of carbonyl (C=O) groups excluding carboxylic acids is 1. The summed E-state index contributed by atoms with van der Waals surface area (Å²) in [7, 11) is -3.10. The lowest BCUT2D eigenvalue weighted by atomic mass is 10.1. The number of nitrogens with zero attached hydrogens (tertiary/aromatic N) is 3. The van der Waals surface area contributed by atoms with Crippen molar-refractivity contribution in [2.45, 2.75) is 50.9 Å². The second kappa shape index (κ2) is 8.05. The molecule has 144 valence electrons. The molecule has 2 atom stereocenters. The molecule has 0 aliphatic carbocycles. The van der Waals surface area contributed by atoms with Gasteiger partial charge in [-0.2, -0.15) is 0 Å². The van der Waals surface area contributed by atoms with E-state index in [0.717, 1.165) is 5.56 Å². The Labute approximate surface area is 156 Å². The van der Waals surface area contributed by atoms with E-state index in [1.807, 2.05) is 37.1 Å². The average Bonchev–Trinajstić information content (AvgIpc) is 2.82. The highest BCUT2D eigenvalue weighted by atomic mass is 32.2. The zero-order valence-electron chi connectivity index (χ0n) is 15.7. The van der Waals surface area contributed by atoms with Crippen LogP contribution in [0.15, 0.2) is 24.5 Å². The van der Waals surface area contributed by atoms with Gasteiger partial charge < -0.3 is 4.90 Å². The van der Waals surface area contributed by atoms with Gasteiger partial charge in [-0.25, -0.2) is 8.42 Å². The van der Waals surface area contributed by atoms with Crippen molar-refractivity contribution < 1.29 is 13.2 Å². The summed E-state index contributed by atoms with van der Waals surface area (Å²) in [6.45, 7) is 6.53. The van der Waals surface area contributed by atoms with Gasteiger partial charge in [0.15, 0.2) is 9.84 Å². The predicted molar refractivity (Wildman–Crippen MR) is 101 cm³/mol. The van der Waals surface area contributed by atoms with E-state index < -0.39 is 9.84 Å². The normalized spacial score (nSPS) is 26.3. The Morgan fingerprint density at radius 3 is 2.73 bits per heavy atom. The standard InChI is InChI=1S/C19H29N3O3S/c1-15(2)12-19(23)21-8-5-17-18(6-9-21)26(24,25)11-10-22(17)14-16-4-3-7-20-13-16/h3-4,7,13,15,17-18H,5-6,8-12,14H2,1-2H3/t17-,18+/m0/s1. The van der Waals surface area contributed by atoms with Crippen LogP contribution in [0, 0.1) is 5.92 Å². The van der Waals surface area contributed by atoms with Crippen molar-refractivity contribution >= 4 is 15.7 Å². The van der Waals surface area contributed by atoms with Crippen molar-refractivity contribution in [3.8, 4) is 0 Å². The first-order chi connectivity index (χ1) is 12.4. The molecular weight excluding hydrogens is 350 g/mol. The molecule has 0 aromatic carbocycles. The van der Waals surface area contributed by atoms with E-state index in [4.69, 9.17) is 0 Å². The van der Waals surface area contributed by atoms with Gasteiger partial charge in [0.1, 0.15) is 0 Å². The monoisotopic (exact) mass is 379 g/mol. The maximum atomic E-state index is 12.7. The molecule has 3 rings (SSSR count). The minimum Gasteiger partial charge on any atom is -0.343 e. The summed E-state index contributed by atoms with van der Waals surface area (Å²) in [5, 5.41) is -0.371. The molecule has 0 saturated carbocycles. The molecule has 0 bridgehead atoms. The number of carbonyl (C=O) groups is 1. The summed E-state index contributed by atoms with van der Waals surface area (Å²) in [5.41, 5.74) is 1.10. The van der Waals surface area contributed by atoms with Gasteiger partial charge >= 0.3 is 0 Å². The number of hydrogen-bond acceptors (Lipinski definition) is 5. The summed E-state index contributed by atoms with van der Waals surface area (Å²) in [4.78, 5) is 20.8. The zero-order valence-corrected chi connectivity index (χ0v) is 16.5. The van der Waals surface area contributed by atoms with E-state index in [1.165, 1.54) is 0 Å². The van der Waals surface area contributed by atoms with Crippen molar-refractivity contribution in [3.05, 3.63) is 30.1 Å². The Hall–Kier alpha value is -1.47. The third-order valence-corrected chi connectivity index (χ3v) is 7.67. The van der Waals surface area contributed by atoms with E-state index in [0.29, 0.717) is 51.4 Å². The summed E-state index contributed by atoms with van der Waals surface area (Å²) in [6, 6.07) is 3.92. The molecule has 1 aromatic rings. The van der Waals surface area contributed by atoms with Gasteiger partial charge in [0, 0.05) is 51.0 Å². The summed E-state index contributed by atoms with van der Waals surface area (Å²) in [5.74, 6) is 0.669. The van der Waals surface area contributed by atoms with Crippen molar-refractivity contribution in [3.63, 3.8) is 0 Å². The van der Waals surface area contributed by atoms with Gasteiger partial charge in [-0.3, -0.25) is 14.7 Å². The van der Waals surface area contributed by atoms with Crippen LogP contribution >= 0.6 is 0 Å². The first-order valence-electron chi connectivity index (χ1n) is 9.49. The first-order valence-corrected chi connectivity index (χ1v) is 11.2. The van der Waals surface area contributed by atoms with Crippen molar-refractivity contribution in [1.29, 1.82) is 0 Å². The fourth-order valence-electron chi connectivity index (χ4n) is 4.11. The molecule has 1 amide bonds. The number of sulfone groups is 1. The van der Waals surface area contributed by atoms with Crippen LogP contribution in [0.1, 0.15) is 38.7 Å². The number of aromatic nitrogens is 1. The lowest BCUT2D eigenvalue weighted by molar-refractivity contribution is -0.131. The number of pyridine rings is 1. The minimum absolute atomic E-state index is 0.0224. The van der Waals surface area contributed by atoms with E-state index in [9.17, 15) is 13.2 Å². The number of rotatable bonds is 4. The van der Waals surface area contributed by atoms with Crippen LogP contribution in [-0.2, 0) is 21.2 Å². The molecule has 0 unspecified atom stereocenters. The Morgan fingerprint density at radius 2 is 2.04 bits per heavy atom. The van der Waals surface area contributed by atoms with Gasteiger partial charge in [-0.15, -0.1) is 0 Å². The zero-order chi connectivity index (χ0) is 18.7. The SMILES string of the molecule is CC(C)CC(=O)N1CC[C@@H]2[C@H](CC1)N(Cc1cccnc1)CCS2(=O)=O. The maximum absolute atomic E-state index is 12.7. The van der Waals surface area contributed by atoms with Crippen LogP contribution in [0.4, 0.5) is 0 Å². The average molecular weight is 380 g/mol. The van der Waals surface area contributed by atoms with Gasteiger partial charge in [0.2, 0.25) is 5.91 Å². The van der Waals surface area contributed by atoms with E-state index in [1.54, 1.807) is 6.20 Å². The Morgan fingerprint density at radius 1 is 1.27 bits per heavy atom. The molecular formula is C19H29N3O3S. The molecule has 0 spiro atoms. The molecule has 2 aliphatic heterocycles. The van der Waals surface area contributed by atoms with Gasteiger partial charge in [0.05, 0.1) is 11.0 Å². The summed E-state index contributed by atoms with van der Waals surface area (Å²) < 4.78 is 25.4. The van der Waals surface area contributed by atoms with Crippen molar-refractivity contribution in [1.82, 2.24) is 14.8 Å². The molecule has 0 N–H and O–H groups in total. The highest BCUT2D eigenvalue weighted by Crippen LogP contribution is 2.29. The molecule has 2 saturated heterocycles. The van der Waals surface area contributed by atoms with E-state index >= 15 is 0 Å². The minimum atomic E-state index is -3.10. The molecule has 3 heterocycles. The van der Waals surface area contributed by atoms with Crippen LogP contribution in [0.2, 0.25) is 0 Å². The number of likely N-dealkylation sites (tertiary alicyclic amines) is 1. The smallest absolute Gasteiger partial charge is 0.222 e. The van der Waals surface area contributed by atoms with Gasteiger partial charge in [-0.1, -0.05) is 19.9 Å². The third-order valence-electron chi connectivity index (χ3n) is 5.44. The molecule has 1 aromatic heterocycles. The maximum Gasteiger partial charge on any atom is 0.222 e. The van der Waals surface area contributed by atoms with Gasteiger partial charge in [0.25, 0.3) is 0 Å². The Kier molecular flexibility index (Phi) is 5.97. The van der Waals surface area contributed by atoms with Crippen LogP contribution < -0.4 is 0 Å². The summed E-state index contributed by atoms with van der Waals surface area (Å²) in [6.07, 6.45) is 5.37. The molecule has 7 heteroatoms. The molecule has 2 fully saturated rings. The topological polar surface area (TPSA) is 70.6 Å². The largest absolute Gasteiger partial charge is 0.343 e. The Balaban J connectivity index is 1.75. The van der Waals surface area contributed by atoms with Crippen LogP contribution in [0.5, 0.6) is 0 Å². The van der Waals surface area contributed by atoms with E-state index in [2.05, 4.69) is 9.88 Å². The lowest BCUT2D eigenvalue weighted by Crippen LogP contribution is -2.54. The van der Waals surface area contributed by atoms with E-state index in [-0.39, 0.29) is 23.0 Å². The number of amides is 1. The lowest BCUT2D eigenvalue weighted by Gasteiger charge is -2.40. The second-order valence-electron chi connectivity index (χ2n) is 7.86. The van der Waals surface area contributed by atoms with Crippen molar-refractivity contribution in [2.75, 3.05) is 25.4 Å². The molecule has 6 nitrogen and oxygen atoms in total. The third kappa shape index (κ3) is 4.43. The van der Waals surface area contributed by atoms with Crippen molar-refractivity contribution in [2.24, 2.45) is 5.92 Å². The first kappa shape index (κ1) is 19.3. The molecule has 26 heavy (non-hydrogen) atoms. The number of fused-ring (bicyclic) bond motifs is 1. The fraction of sp³-hybridized carbons (Fsp3) is 0.684. The fourth-order valence-corrected chi connectivity index (χ4v) is 6.15. The predicted octanol–water partition coefficient (Wildman–Crippen LogP) is 1.72. The van der Waals surface area contributed by atoms with Gasteiger partial charge in [-0.05, 0) is 30.4 Å². The van der Waals surface area contributed by atoms with Crippen LogP contribution in [0.25, 0.3) is 0 Å². The Bertz CT molecular complexity index is 721. The number of hydrogen-bond donors (Lipinski definition) is 0. The molecule has 0 radical (unpaired) electrons. The highest BCUT2D eigenvalue weighted by molar-refractivity contribution is 7.92. The molecule has 2 aliphatic rings. The highest BCUT2D eigenvalue weighted by Gasteiger charge is 2.43. The second-order valence-corrected chi connectivity index (χ2v) is 10.2. The van der Waals surface area contributed by atoms with Crippen LogP contribution in [-0.4, -0.2) is 65.8 Å². The quantitative estimate of drug-likeness (QED) is 0.797. The van der Waals surface area contributed by atoms with Crippen LogP contribution in [0.3, 0.4) is 0 Å².